The number of aromatic nitrogens is 1. The number of pyridine rings is 1. The number of aliphatic imine (C=N–C) groups is 1. The van der Waals surface area contributed by atoms with Crippen LogP contribution in [0.4, 0.5) is 5.69 Å². The Bertz CT molecular complexity index is 267. The number of hydrogen-bond acceptors (Lipinski definition) is 2. The average molecular weight is 299 g/mol. The molecule has 1 rings (SSSR count). The van der Waals surface area contributed by atoms with Gasteiger partial charge in [-0.25, -0.2) is 9.98 Å². The molecular formula is C6H8ClIN4. The maximum absolute atomic E-state index is 5.53. The van der Waals surface area contributed by atoms with E-state index in [0.717, 1.165) is 0 Å². The summed E-state index contributed by atoms with van der Waals surface area (Å²) in [5.41, 5.74) is 10.9. The molecule has 0 radical (unpaired) electrons. The van der Waals surface area contributed by atoms with Crippen molar-refractivity contribution in [2.24, 2.45) is 16.5 Å². The van der Waals surface area contributed by atoms with Gasteiger partial charge in [-0.1, -0.05) is 11.6 Å². The van der Waals surface area contributed by atoms with Crippen LogP contribution in [0.15, 0.2) is 23.3 Å². The summed E-state index contributed by atoms with van der Waals surface area (Å²) in [4.78, 5) is 7.53. The van der Waals surface area contributed by atoms with Gasteiger partial charge < -0.3 is 11.5 Å². The van der Waals surface area contributed by atoms with Gasteiger partial charge in [0, 0.05) is 0 Å². The highest BCUT2D eigenvalue weighted by atomic mass is 127. The first-order chi connectivity index (χ1) is 5.18. The lowest BCUT2D eigenvalue weighted by molar-refractivity contribution is 1.29. The second-order valence-electron chi connectivity index (χ2n) is 1.88. The Morgan fingerprint density at radius 2 is 2.08 bits per heavy atom. The van der Waals surface area contributed by atoms with E-state index in [4.69, 9.17) is 23.1 Å². The Balaban J connectivity index is 0.00000121. The molecule has 0 saturated carbocycles. The Kier molecular flexibility index (Phi) is 4.91. The van der Waals surface area contributed by atoms with E-state index in [1.165, 1.54) is 6.20 Å². The molecule has 0 fully saturated rings. The molecule has 0 unspecified atom stereocenters. The van der Waals surface area contributed by atoms with E-state index in [-0.39, 0.29) is 29.9 Å². The minimum absolute atomic E-state index is 0. The Morgan fingerprint density at radius 1 is 1.42 bits per heavy atom. The minimum Gasteiger partial charge on any atom is -0.370 e. The lowest BCUT2D eigenvalue weighted by Crippen LogP contribution is -2.21. The molecule has 0 aliphatic heterocycles. The van der Waals surface area contributed by atoms with Gasteiger partial charge in [-0.3, -0.25) is 0 Å². The summed E-state index contributed by atoms with van der Waals surface area (Å²) >= 11 is 5.53. The molecule has 1 aromatic heterocycles. The predicted octanol–water partition coefficient (Wildman–Crippen LogP) is 1.26. The normalized spacial score (nSPS) is 8.42. The molecule has 0 amide bonds. The summed E-state index contributed by atoms with van der Waals surface area (Å²) in [6, 6.07) is 3.29. The zero-order valence-electron chi connectivity index (χ0n) is 6.07. The van der Waals surface area contributed by atoms with Crippen molar-refractivity contribution < 1.29 is 0 Å². The number of hydrogen-bond donors (Lipinski definition) is 2. The molecule has 0 bridgehead atoms. The molecule has 66 valence electrons. The second-order valence-corrected chi connectivity index (χ2v) is 2.26. The number of nitrogens with zero attached hydrogens (tertiary/aromatic N) is 2. The molecule has 12 heavy (non-hydrogen) atoms. The molecule has 0 spiro atoms. The minimum atomic E-state index is 0. The highest BCUT2D eigenvalue weighted by Gasteiger charge is 1.90. The molecule has 4 nitrogen and oxygen atoms in total. The van der Waals surface area contributed by atoms with Gasteiger partial charge in [0.25, 0.3) is 0 Å². The molecule has 0 aromatic carbocycles. The van der Waals surface area contributed by atoms with Gasteiger partial charge in [0.15, 0.2) is 5.96 Å². The van der Waals surface area contributed by atoms with Crippen molar-refractivity contribution in [1.82, 2.24) is 4.98 Å². The zero-order valence-corrected chi connectivity index (χ0v) is 9.15. The standard InChI is InChI=1S/C6H7ClN4.HI/c7-5-2-1-4(3-10-5)11-6(8)9;/h1-3H,(H4,8,9,11);1H. The molecule has 6 heteroatoms. The van der Waals surface area contributed by atoms with Gasteiger partial charge in [0.2, 0.25) is 0 Å². The first kappa shape index (κ1) is 11.4. The molecule has 0 atom stereocenters. The van der Waals surface area contributed by atoms with Crippen molar-refractivity contribution >= 4 is 47.2 Å². The maximum Gasteiger partial charge on any atom is 0.191 e. The summed E-state index contributed by atoms with van der Waals surface area (Å²) in [7, 11) is 0. The lowest BCUT2D eigenvalue weighted by atomic mass is 10.4. The molecule has 1 heterocycles. The smallest absolute Gasteiger partial charge is 0.191 e. The fraction of sp³-hybridized carbons (Fsp3) is 0. The molecule has 4 N–H and O–H groups in total. The van der Waals surface area contributed by atoms with E-state index >= 15 is 0 Å². The monoisotopic (exact) mass is 298 g/mol. The third-order valence-electron chi connectivity index (χ3n) is 0.970. The van der Waals surface area contributed by atoms with Crippen LogP contribution >= 0.6 is 35.6 Å². The van der Waals surface area contributed by atoms with Crippen LogP contribution in [0.5, 0.6) is 0 Å². The van der Waals surface area contributed by atoms with Crippen molar-refractivity contribution in [2.45, 2.75) is 0 Å². The average Bonchev–Trinajstić information content (AvgIpc) is 1.93. The van der Waals surface area contributed by atoms with Gasteiger partial charge in [0.1, 0.15) is 5.15 Å². The van der Waals surface area contributed by atoms with E-state index in [1.54, 1.807) is 12.1 Å². The van der Waals surface area contributed by atoms with E-state index in [2.05, 4.69) is 9.98 Å². The van der Waals surface area contributed by atoms with Crippen LogP contribution in [0.1, 0.15) is 0 Å². The summed E-state index contributed by atoms with van der Waals surface area (Å²) in [6.45, 7) is 0. The van der Waals surface area contributed by atoms with Gasteiger partial charge >= 0.3 is 0 Å². The Hall–Kier alpha value is -0.560. The summed E-state index contributed by atoms with van der Waals surface area (Å²) in [5, 5.41) is 0.416. The first-order valence-electron chi connectivity index (χ1n) is 2.89. The van der Waals surface area contributed by atoms with E-state index in [9.17, 15) is 0 Å². The van der Waals surface area contributed by atoms with Crippen molar-refractivity contribution in [3.8, 4) is 0 Å². The molecule has 0 saturated heterocycles. The highest BCUT2D eigenvalue weighted by molar-refractivity contribution is 14.0. The lowest BCUT2D eigenvalue weighted by Gasteiger charge is -1.92. The van der Waals surface area contributed by atoms with Crippen molar-refractivity contribution in [3.63, 3.8) is 0 Å². The summed E-state index contributed by atoms with van der Waals surface area (Å²) in [5.74, 6) is 0.00845. The number of halogens is 2. The Morgan fingerprint density at radius 3 is 2.50 bits per heavy atom. The molecule has 0 aliphatic rings. The maximum atomic E-state index is 5.53. The van der Waals surface area contributed by atoms with E-state index in [1.807, 2.05) is 0 Å². The van der Waals surface area contributed by atoms with Gasteiger partial charge in [0.05, 0.1) is 11.9 Å². The zero-order chi connectivity index (χ0) is 8.27. The molecular weight excluding hydrogens is 290 g/mol. The van der Waals surface area contributed by atoms with Crippen molar-refractivity contribution in [3.05, 3.63) is 23.5 Å². The van der Waals surface area contributed by atoms with Crippen LogP contribution in [-0.4, -0.2) is 10.9 Å². The SMILES string of the molecule is I.NC(N)=Nc1ccc(Cl)nc1. The van der Waals surface area contributed by atoms with Crippen LogP contribution < -0.4 is 11.5 Å². The van der Waals surface area contributed by atoms with Gasteiger partial charge in [-0.15, -0.1) is 24.0 Å². The van der Waals surface area contributed by atoms with Crippen molar-refractivity contribution in [2.75, 3.05) is 0 Å². The quantitative estimate of drug-likeness (QED) is 0.355. The molecule has 0 aliphatic carbocycles. The largest absolute Gasteiger partial charge is 0.370 e. The van der Waals surface area contributed by atoms with Crippen LogP contribution in [0.3, 0.4) is 0 Å². The number of rotatable bonds is 1. The van der Waals surface area contributed by atoms with Gasteiger partial charge in [-0.05, 0) is 12.1 Å². The highest BCUT2D eigenvalue weighted by Crippen LogP contribution is 2.11. The summed E-state index contributed by atoms with van der Waals surface area (Å²) in [6.07, 6.45) is 1.49. The molecule has 1 aromatic rings. The van der Waals surface area contributed by atoms with Crippen LogP contribution in [-0.2, 0) is 0 Å². The first-order valence-corrected chi connectivity index (χ1v) is 3.27. The van der Waals surface area contributed by atoms with E-state index < -0.39 is 0 Å². The Labute approximate surface area is 92.0 Å². The third kappa shape index (κ3) is 3.72. The van der Waals surface area contributed by atoms with Crippen LogP contribution in [0.25, 0.3) is 0 Å². The summed E-state index contributed by atoms with van der Waals surface area (Å²) < 4.78 is 0. The third-order valence-corrected chi connectivity index (χ3v) is 1.19. The van der Waals surface area contributed by atoms with Crippen molar-refractivity contribution in [1.29, 1.82) is 0 Å². The van der Waals surface area contributed by atoms with E-state index in [0.29, 0.717) is 10.8 Å². The second kappa shape index (κ2) is 5.15. The fourth-order valence-corrected chi connectivity index (χ4v) is 0.695. The van der Waals surface area contributed by atoms with Gasteiger partial charge in [-0.2, -0.15) is 0 Å². The van der Waals surface area contributed by atoms with Crippen LogP contribution in [0, 0.1) is 0 Å². The number of guanidine groups is 1. The topological polar surface area (TPSA) is 77.3 Å². The predicted molar refractivity (Wildman–Crippen MR) is 60.1 cm³/mol. The number of nitrogens with two attached hydrogens (primary N) is 2. The fourth-order valence-electron chi connectivity index (χ4n) is 0.583. The van der Waals surface area contributed by atoms with Crippen LogP contribution in [0.2, 0.25) is 5.15 Å².